The third-order valence-corrected chi connectivity index (χ3v) is 2.09. The molecule has 1 aromatic rings. The normalized spacial score (nSPS) is 11.9. The molecular weight excluding hydrogens is 217 g/mol. The van der Waals surface area contributed by atoms with Crippen LogP contribution in [-0.4, -0.2) is 21.9 Å². The fourth-order valence-corrected chi connectivity index (χ4v) is 0.946. The van der Waals surface area contributed by atoms with E-state index < -0.39 is 17.8 Å². The number of carbonyl (C=O) groups is 1. The average Bonchev–Trinajstić information content (AvgIpc) is 2.17. The highest BCUT2D eigenvalue weighted by atomic mass is 32.1. The van der Waals surface area contributed by atoms with Gasteiger partial charge in [-0.1, -0.05) is 12.2 Å². The van der Waals surface area contributed by atoms with Gasteiger partial charge in [0.05, 0.1) is 22.8 Å². The van der Waals surface area contributed by atoms with Crippen LogP contribution in [0.25, 0.3) is 0 Å². The quantitative estimate of drug-likeness (QED) is 0.743. The van der Waals surface area contributed by atoms with Gasteiger partial charge < -0.3 is 11.1 Å². The molecule has 1 amide bonds. The second kappa shape index (κ2) is 4.79. The lowest BCUT2D eigenvalue weighted by atomic mass is 10.2. The second-order valence-corrected chi connectivity index (χ2v) is 3.46. The van der Waals surface area contributed by atoms with Gasteiger partial charge in [-0.05, 0) is 13.0 Å². The summed E-state index contributed by atoms with van der Waals surface area (Å²) >= 11 is 4.69. The maximum Gasteiger partial charge on any atom is 0.253 e. The Bertz CT molecular complexity index is 397. The van der Waals surface area contributed by atoms with E-state index in [9.17, 15) is 9.18 Å². The van der Waals surface area contributed by atoms with Crippen molar-refractivity contribution in [3.63, 3.8) is 0 Å². The molecule has 1 atom stereocenters. The Labute approximate surface area is 91.7 Å². The zero-order valence-electron chi connectivity index (χ0n) is 8.03. The monoisotopic (exact) mass is 227 g/mol. The number of amides is 1. The number of pyridine rings is 1. The van der Waals surface area contributed by atoms with Gasteiger partial charge in [-0.3, -0.25) is 9.78 Å². The molecule has 0 aliphatic heterocycles. The summed E-state index contributed by atoms with van der Waals surface area (Å²) in [5, 5.41) is 2.51. The van der Waals surface area contributed by atoms with Crippen LogP contribution < -0.4 is 11.1 Å². The van der Waals surface area contributed by atoms with E-state index in [-0.39, 0.29) is 10.6 Å². The summed E-state index contributed by atoms with van der Waals surface area (Å²) in [5.74, 6) is -1.02. The van der Waals surface area contributed by atoms with Gasteiger partial charge in [-0.2, -0.15) is 0 Å². The number of halogens is 1. The van der Waals surface area contributed by atoms with Crippen LogP contribution in [-0.2, 0) is 0 Å². The standard InChI is InChI=1S/C9H10FN3OS/c1-5(8(11)15)13-9(14)6-2-7(10)4-12-3-6/h2-5H,1H3,(H2,11,15)(H,13,14). The Balaban J connectivity index is 2.73. The maximum atomic E-state index is 12.7. The molecular formula is C9H10FN3OS. The number of rotatable bonds is 3. The van der Waals surface area contributed by atoms with Crippen molar-refractivity contribution in [2.75, 3.05) is 0 Å². The number of nitrogens with two attached hydrogens (primary N) is 1. The fourth-order valence-electron chi connectivity index (χ4n) is 0.887. The largest absolute Gasteiger partial charge is 0.392 e. The van der Waals surface area contributed by atoms with Gasteiger partial charge in [0.25, 0.3) is 5.91 Å². The molecule has 1 heterocycles. The van der Waals surface area contributed by atoms with Crippen LogP contribution in [0.15, 0.2) is 18.5 Å². The average molecular weight is 227 g/mol. The number of nitrogens with zero attached hydrogens (tertiary/aromatic N) is 1. The number of hydrogen-bond acceptors (Lipinski definition) is 3. The van der Waals surface area contributed by atoms with E-state index in [0.717, 1.165) is 12.3 Å². The van der Waals surface area contributed by atoms with Crippen molar-refractivity contribution in [2.24, 2.45) is 5.73 Å². The van der Waals surface area contributed by atoms with Crippen LogP contribution in [0.4, 0.5) is 4.39 Å². The van der Waals surface area contributed by atoms with Gasteiger partial charge >= 0.3 is 0 Å². The minimum absolute atomic E-state index is 0.137. The molecule has 0 radical (unpaired) electrons. The molecule has 0 aliphatic rings. The minimum Gasteiger partial charge on any atom is -0.392 e. The van der Waals surface area contributed by atoms with E-state index in [1.807, 2.05) is 0 Å². The minimum atomic E-state index is -0.564. The van der Waals surface area contributed by atoms with E-state index in [0.29, 0.717) is 0 Å². The Kier molecular flexibility index (Phi) is 3.68. The third-order valence-electron chi connectivity index (χ3n) is 1.74. The van der Waals surface area contributed by atoms with Crippen molar-refractivity contribution in [1.29, 1.82) is 0 Å². The fraction of sp³-hybridized carbons (Fsp3) is 0.222. The van der Waals surface area contributed by atoms with Gasteiger partial charge in [-0.15, -0.1) is 0 Å². The molecule has 4 nitrogen and oxygen atoms in total. The zero-order valence-corrected chi connectivity index (χ0v) is 8.84. The lowest BCUT2D eigenvalue weighted by Gasteiger charge is -2.11. The van der Waals surface area contributed by atoms with E-state index in [1.54, 1.807) is 6.92 Å². The van der Waals surface area contributed by atoms with Crippen molar-refractivity contribution in [3.05, 3.63) is 29.8 Å². The van der Waals surface area contributed by atoms with Gasteiger partial charge in [0.15, 0.2) is 0 Å². The predicted molar refractivity (Wildman–Crippen MR) is 57.9 cm³/mol. The molecule has 80 valence electrons. The first kappa shape index (κ1) is 11.5. The summed E-state index contributed by atoms with van der Waals surface area (Å²) in [6.07, 6.45) is 2.29. The van der Waals surface area contributed by atoms with Crippen molar-refractivity contribution in [2.45, 2.75) is 13.0 Å². The molecule has 15 heavy (non-hydrogen) atoms. The summed E-state index contributed by atoms with van der Waals surface area (Å²) in [6, 6.07) is 0.657. The van der Waals surface area contributed by atoms with E-state index in [4.69, 9.17) is 5.73 Å². The maximum absolute atomic E-state index is 12.7. The first-order valence-corrected chi connectivity index (χ1v) is 4.62. The van der Waals surface area contributed by atoms with E-state index in [1.165, 1.54) is 6.20 Å². The Morgan fingerprint density at radius 3 is 2.87 bits per heavy atom. The van der Waals surface area contributed by atoms with E-state index in [2.05, 4.69) is 22.5 Å². The van der Waals surface area contributed by atoms with Crippen LogP contribution in [0, 0.1) is 5.82 Å². The van der Waals surface area contributed by atoms with Crippen molar-refractivity contribution < 1.29 is 9.18 Å². The zero-order chi connectivity index (χ0) is 11.4. The molecule has 3 N–H and O–H groups in total. The van der Waals surface area contributed by atoms with Crippen molar-refractivity contribution >= 4 is 23.1 Å². The Morgan fingerprint density at radius 1 is 1.67 bits per heavy atom. The highest BCUT2D eigenvalue weighted by molar-refractivity contribution is 7.80. The topological polar surface area (TPSA) is 68.0 Å². The Morgan fingerprint density at radius 2 is 2.33 bits per heavy atom. The summed E-state index contributed by atoms with van der Waals surface area (Å²) in [7, 11) is 0. The van der Waals surface area contributed by atoms with Crippen LogP contribution in [0.1, 0.15) is 17.3 Å². The Hall–Kier alpha value is -1.56. The second-order valence-electron chi connectivity index (χ2n) is 2.99. The summed E-state index contributed by atoms with van der Waals surface area (Å²) in [6.45, 7) is 1.65. The smallest absolute Gasteiger partial charge is 0.253 e. The predicted octanol–water partition coefficient (Wildman–Crippen LogP) is 0.625. The van der Waals surface area contributed by atoms with Crippen molar-refractivity contribution in [3.8, 4) is 0 Å². The molecule has 0 fully saturated rings. The van der Waals surface area contributed by atoms with Gasteiger partial charge in [0.2, 0.25) is 0 Å². The third kappa shape index (κ3) is 3.25. The molecule has 6 heteroatoms. The first-order chi connectivity index (χ1) is 7.00. The number of thiocarbonyl (C=S) groups is 1. The SMILES string of the molecule is CC(NC(=O)c1cncc(F)c1)C(N)=S. The van der Waals surface area contributed by atoms with Gasteiger partial charge in [0, 0.05) is 6.20 Å². The lowest BCUT2D eigenvalue weighted by molar-refractivity contribution is 0.0948. The highest BCUT2D eigenvalue weighted by Gasteiger charge is 2.12. The number of nitrogens with one attached hydrogen (secondary N) is 1. The highest BCUT2D eigenvalue weighted by Crippen LogP contribution is 2.01. The van der Waals surface area contributed by atoms with Crippen molar-refractivity contribution in [1.82, 2.24) is 10.3 Å². The molecule has 0 bridgehead atoms. The van der Waals surface area contributed by atoms with Crippen LogP contribution in [0.5, 0.6) is 0 Å². The number of carbonyl (C=O) groups excluding carboxylic acids is 1. The molecule has 0 aromatic carbocycles. The summed E-state index contributed by atoms with van der Waals surface area (Å²) < 4.78 is 12.7. The molecule has 0 saturated carbocycles. The van der Waals surface area contributed by atoms with Crippen LogP contribution in [0.2, 0.25) is 0 Å². The summed E-state index contributed by atoms with van der Waals surface area (Å²) in [5.41, 5.74) is 5.46. The molecule has 1 unspecified atom stereocenters. The molecule has 1 aromatic heterocycles. The van der Waals surface area contributed by atoms with Crippen LogP contribution >= 0.6 is 12.2 Å². The molecule has 0 aliphatic carbocycles. The first-order valence-electron chi connectivity index (χ1n) is 4.21. The molecule has 1 rings (SSSR count). The molecule has 0 spiro atoms. The number of hydrogen-bond donors (Lipinski definition) is 2. The van der Waals surface area contributed by atoms with Crippen LogP contribution in [0.3, 0.4) is 0 Å². The van der Waals surface area contributed by atoms with Gasteiger partial charge in [0.1, 0.15) is 5.82 Å². The lowest BCUT2D eigenvalue weighted by Crippen LogP contribution is -2.41. The number of aromatic nitrogens is 1. The van der Waals surface area contributed by atoms with E-state index >= 15 is 0 Å². The molecule has 0 saturated heterocycles. The van der Waals surface area contributed by atoms with Gasteiger partial charge in [-0.25, -0.2) is 4.39 Å². The summed E-state index contributed by atoms with van der Waals surface area (Å²) in [4.78, 5) is 15.2.